The number of benzene rings is 1. The first-order valence-electron chi connectivity index (χ1n) is 10.6. The number of hydrogen-bond donors (Lipinski definition) is 1. The Hall–Kier alpha value is -2.53. The molecule has 156 valence electrons. The summed E-state index contributed by atoms with van der Waals surface area (Å²) in [5.74, 6) is 0.105. The van der Waals surface area contributed by atoms with Crippen molar-refractivity contribution >= 4 is 17.5 Å². The van der Waals surface area contributed by atoms with Gasteiger partial charge in [0.1, 0.15) is 12.6 Å². The summed E-state index contributed by atoms with van der Waals surface area (Å²) >= 11 is 0. The Labute approximate surface area is 172 Å². The fourth-order valence-corrected chi connectivity index (χ4v) is 4.72. The van der Waals surface area contributed by atoms with Crippen LogP contribution in [0.15, 0.2) is 29.4 Å². The monoisotopic (exact) mass is 397 g/mol. The molecule has 0 aromatic heterocycles. The number of azide groups is 1. The standard InChI is InChI=1S/C22H31N5O2/c1-22(2,3)24-20(28)14-27-19-12-8-7-11-16(19)17(15-9-5-4-6-10-15)13-18(21(27)29)25-26-23/h7-8,11-12,15,17-18H,4-6,9-10,13-14H2,1-3H3,(H,24,28)/t17-,18+/m1/s1. The summed E-state index contributed by atoms with van der Waals surface area (Å²) in [4.78, 5) is 30.4. The number of fused-ring (bicyclic) bond motifs is 1. The van der Waals surface area contributed by atoms with Crippen LogP contribution in [0.25, 0.3) is 10.4 Å². The predicted molar refractivity (Wildman–Crippen MR) is 114 cm³/mol. The van der Waals surface area contributed by atoms with Crippen LogP contribution in [0.3, 0.4) is 0 Å². The molecular formula is C22H31N5O2. The molecule has 1 aromatic rings. The maximum atomic E-state index is 13.3. The maximum Gasteiger partial charge on any atom is 0.240 e. The molecule has 0 saturated heterocycles. The molecular weight excluding hydrogens is 366 g/mol. The van der Waals surface area contributed by atoms with Crippen molar-refractivity contribution in [2.45, 2.75) is 76.8 Å². The molecule has 1 fully saturated rings. The van der Waals surface area contributed by atoms with Crippen molar-refractivity contribution in [3.8, 4) is 0 Å². The second-order valence-electron chi connectivity index (χ2n) is 9.24. The van der Waals surface area contributed by atoms with Crippen molar-refractivity contribution in [2.75, 3.05) is 11.4 Å². The highest BCUT2D eigenvalue weighted by atomic mass is 16.2. The first-order valence-corrected chi connectivity index (χ1v) is 10.6. The Morgan fingerprint density at radius 1 is 1.24 bits per heavy atom. The smallest absolute Gasteiger partial charge is 0.240 e. The van der Waals surface area contributed by atoms with Crippen LogP contribution >= 0.6 is 0 Å². The molecule has 29 heavy (non-hydrogen) atoms. The van der Waals surface area contributed by atoms with Gasteiger partial charge in [0.05, 0.1) is 0 Å². The molecule has 0 spiro atoms. The summed E-state index contributed by atoms with van der Waals surface area (Å²) in [7, 11) is 0. The minimum Gasteiger partial charge on any atom is -0.350 e. The fraction of sp³-hybridized carbons (Fsp3) is 0.636. The highest BCUT2D eigenvalue weighted by Gasteiger charge is 2.38. The van der Waals surface area contributed by atoms with Gasteiger partial charge in [-0.25, -0.2) is 0 Å². The molecule has 1 heterocycles. The SMILES string of the molecule is CC(C)(C)NC(=O)CN1C(=O)[C@@H](N=[N+]=[N-])C[C@H](C2CCCCC2)c2ccccc21. The van der Waals surface area contributed by atoms with Crippen molar-refractivity contribution in [3.05, 3.63) is 40.3 Å². The summed E-state index contributed by atoms with van der Waals surface area (Å²) in [5.41, 5.74) is 10.5. The lowest BCUT2D eigenvalue weighted by atomic mass is 9.74. The van der Waals surface area contributed by atoms with Gasteiger partial charge in [0, 0.05) is 16.1 Å². The third kappa shape index (κ3) is 5.10. The lowest BCUT2D eigenvalue weighted by molar-refractivity contribution is -0.125. The molecule has 2 aliphatic rings. The van der Waals surface area contributed by atoms with Crippen LogP contribution in [0.1, 0.15) is 70.8 Å². The van der Waals surface area contributed by atoms with Crippen LogP contribution in [-0.2, 0) is 9.59 Å². The van der Waals surface area contributed by atoms with Crippen LogP contribution < -0.4 is 10.2 Å². The van der Waals surface area contributed by atoms with Crippen molar-refractivity contribution in [1.29, 1.82) is 0 Å². The van der Waals surface area contributed by atoms with Gasteiger partial charge in [0.2, 0.25) is 11.8 Å². The average Bonchev–Trinajstić information content (AvgIpc) is 2.78. The number of nitrogens with one attached hydrogen (secondary N) is 1. The molecule has 1 saturated carbocycles. The van der Waals surface area contributed by atoms with Crippen LogP contribution in [0, 0.1) is 5.92 Å². The van der Waals surface area contributed by atoms with E-state index in [2.05, 4.69) is 21.4 Å². The number of nitrogens with zero attached hydrogens (tertiary/aromatic N) is 4. The number of para-hydroxylation sites is 1. The molecule has 2 atom stereocenters. The van der Waals surface area contributed by atoms with E-state index in [1.54, 1.807) is 0 Å². The third-order valence-corrected chi connectivity index (χ3v) is 5.88. The molecule has 1 aromatic carbocycles. The average molecular weight is 398 g/mol. The molecule has 0 unspecified atom stereocenters. The van der Waals surface area contributed by atoms with Gasteiger partial charge in [0.25, 0.3) is 0 Å². The number of rotatable bonds is 4. The Kier molecular flexibility index (Phi) is 6.48. The van der Waals surface area contributed by atoms with E-state index in [0.717, 1.165) is 24.1 Å². The minimum atomic E-state index is -0.790. The molecule has 1 aliphatic heterocycles. The zero-order valence-electron chi connectivity index (χ0n) is 17.6. The molecule has 0 bridgehead atoms. The van der Waals surface area contributed by atoms with Gasteiger partial charge in [-0.05, 0) is 69.0 Å². The van der Waals surface area contributed by atoms with Crippen molar-refractivity contribution < 1.29 is 9.59 Å². The molecule has 7 heteroatoms. The lowest BCUT2D eigenvalue weighted by Gasteiger charge is -2.31. The summed E-state index contributed by atoms with van der Waals surface area (Å²) in [6, 6.07) is 7.07. The van der Waals surface area contributed by atoms with Gasteiger partial charge in [-0.3, -0.25) is 9.59 Å². The van der Waals surface area contributed by atoms with Gasteiger partial charge >= 0.3 is 0 Å². The normalized spacial score (nSPS) is 23.0. The second-order valence-corrected chi connectivity index (χ2v) is 9.24. The van der Waals surface area contributed by atoms with E-state index >= 15 is 0 Å². The Morgan fingerprint density at radius 2 is 1.93 bits per heavy atom. The van der Waals surface area contributed by atoms with Gasteiger partial charge in [-0.2, -0.15) is 0 Å². The van der Waals surface area contributed by atoms with Crippen LogP contribution in [0.5, 0.6) is 0 Å². The van der Waals surface area contributed by atoms with E-state index in [9.17, 15) is 9.59 Å². The largest absolute Gasteiger partial charge is 0.350 e. The Balaban J connectivity index is 2.00. The Bertz CT molecular complexity index is 804. The summed E-state index contributed by atoms with van der Waals surface area (Å²) in [6.45, 7) is 5.64. The first-order chi connectivity index (χ1) is 13.8. The molecule has 1 aliphatic carbocycles. The topological polar surface area (TPSA) is 98.2 Å². The first kappa shape index (κ1) is 21.2. The minimum absolute atomic E-state index is 0.0814. The summed E-state index contributed by atoms with van der Waals surface area (Å²) in [5, 5.41) is 6.77. The Morgan fingerprint density at radius 3 is 2.59 bits per heavy atom. The molecule has 2 amide bonds. The van der Waals surface area contributed by atoms with Gasteiger partial charge in [-0.1, -0.05) is 42.6 Å². The second kappa shape index (κ2) is 8.87. The quantitative estimate of drug-likeness (QED) is 0.453. The van der Waals surface area contributed by atoms with Gasteiger partial charge in [0.15, 0.2) is 0 Å². The van der Waals surface area contributed by atoms with Crippen LogP contribution in [-0.4, -0.2) is 29.9 Å². The number of carbonyl (C=O) groups excluding carboxylic acids is 2. The van der Waals surface area contributed by atoms with Crippen molar-refractivity contribution in [2.24, 2.45) is 11.0 Å². The van der Waals surface area contributed by atoms with Gasteiger partial charge in [-0.15, -0.1) is 0 Å². The van der Waals surface area contributed by atoms with Gasteiger partial charge < -0.3 is 10.2 Å². The lowest BCUT2D eigenvalue weighted by Crippen LogP contribution is -2.49. The molecule has 7 nitrogen and oxygen atoms in total. The van der Waals surface area contributed by atoms with Crippen molar-refractivity contribution in [1.82, 2.24) is 5.32 Å². The van der Waals surface area contributed by atoms with E-state index in [1.165, 1.54) is 24.2 Å². The highest BCUT2D eigenvalue weighted by Crippen LogP contribution is 2.44. The van der Waals surface area contributed by atoms with E-state index in [1.807, 2.05) is 39.0 Å². The summed E-state index contributed by atoms with van der Waals surface area (Å²) < 4.78 is 0. The van der Waals surface area contributed by atoms with Crippen LogP contribution in [0.4, 0.5) is 5.69 Å². The number of anilines is 1. The zero-order valence-corrected chi connectivity index (χ0v) is 17.6. The van der Waals surface area contributed by atoms with E-state index in [4.69, 9.17) is 5.53 Å². The van der Waals surface area contributed by atoms with Crippen LogP contribution in [0.2, 0.25) is 0 Å². The van der Waals surface area contributed by atoms with E-state index in [-0.39, 0.29) is 29.8 Å². The number of hydrogen-bond acceptors (Lipinski definition) is 3. The fourth-order valence-electron chi connectivity index (χ4n) is 4.72. The zero-order chi connectivity index (χ0) is 21.0. The van der Waals surface area contributed by atoms with E-state index < -0.39 is 6.04 Å². The predicted octanol–water partition coefficient (Wildman–Crippen LogP) is 4.68. The maximum absolute atomic E-state index is 13.3. The highest BCUT2D eigenvalue weighted by molar-refractivity contribution is 6.03. The molecule has 1 N–H and O–H groups in total. The number of amides is 2. The third-order valence-electron chi connectivity index (χ3n) is 5.88. The van der Waals surface area contributed by atoms with E-state index in [0.29, 0.717) is 12.3 Å². The van der Waals surface area contributed by atoms with Crippen molar-refractivity contribution in [3.63, 3.8) is 0 Å². The molecule has 3 rings (SSSR count). The number of carbonyl (C=O) groups is 2. The summed E-state index contributed by atoms with van der Waals surface area (Å²) in [6.07, 6.45) is 6.40. The molecule has 0 radical (unpaired) electrons.